The molecule has 0 aliphatic carbocycles. The van der Waals surface area contributed by atoms with E-state index in [2.05, 4.69) is 11.9 Å². The first-order chi connectivity index (χ1) is 9.88. The van der Waals surface area contributed by atoms with Gasteiger partial charge in [0.05, 0.1) is 0 Å². The molecule has 0 bridgehead atoms. The smallest absolute Gasteiger partial charge is 0.248 e. The highest BCUT2D eigenvalue weighted by Crippen LogP contribution is 2.31. The van der Waals surface area contributed by atoms with Gasteiger partial charge in [0.25, 0.3) is 0 Å². The van der Waals surface area contributed by atoms with E-state index in [9.17, 15) is 9.59 Å². The van der Waals surface area contributed by atoms with E-state index < -0.39 is 11.6 Å². The number of nitrogens with zero attached hydrogens (tertiary/aromatic N) is 1. The molecule has 1 fully saturated rings. The summed E-state index contributed by atoms with van der Waals surface area (Å²) in [6.07, 6.45) is 2.43. The number of amides is 2. The quantitative estimate of drug-likeness (QED) is 0.864. The summed E-state index contributed by atoms with van der Waals surface area (Å²) in [5.41, 5.74) is -0.0487. The largest absolute Gasteiger partial charge is 0.340 e. The molecule has 0 radical (unpaired) electrons. The number of hydrogen-bond donors (Lipinski definition) is 1. The average Bonchev–Trinajstić information content (AvgIpc) is 2.43. The van der Waals surface area contributed by atoms with Crippen molar-refractivity contribution in [3.05, 3.63) is 48.6 Å². The van der Waals surface area contributed by atoms with Crippen molar-refractivity contribution in [2.24, 2.45) is 0 Å². The van der Waals surface area contributed by atoms with Crippen molar-refractivity contribution in [1.29, 1.82) is 0 Å². The van der Waals surface area contributed by atoms with Crippen LogP contribution in [0, 0.1) is 0 Å². The number of piperazine rings is 1. The molecule has 2 rings (SSSR count). The third kappa shape index (κ3) is 2.84. The molecule has 1 aliphatic rings. The molecule has 0 saturated carbocycles. The minimum Gasteiger partial charge on any atom is -0.340 e. The Hall–Kier alpha value is -2.10. The Morgan fingerprint density at radius 3 is 2.52 bits per heavy atom. The summed E-state index contributed by atoms with van der Waals surface area (Å²) in [4.78, 5) is 27.0. The Balaban J connectivity index is 2.46. The lowest BCUT2D eigenvalue weighted by molar-refractivity contribution is -0.156. The van der Waals surface area contributed by atoms with Crippen LogP contribution in [0.25, 0.3) is 0 Å². The van der Waals surface area contributed by atoms with E-state index >= 15 is 0 Å². The van der Waals surface area contributed by atoms with Crippen molar-refractivity contribution in [2.45, 2.75) is 44.8 Å². The highest BCUT2D eigenvalue weighted by atomic mass is 16.2. The highest BCUT2D eigenvalue weighted by molar-refractivity contribution is 6.00. The van der Waals surface area contributed by atoms with Gasteiger partial charge in [-0.15, -0.1) is 6.58 Å². The van der Waals surface area contributed by atoms with Crippen LogP contribution in [0.15, 0.2) is 43.0 Å². The van der Waals surface area contributed by atoms with Crippen LogP contribution in [-0.2, 0) is 9.59 Å². The predicted molar refractivity (Wildman–Crippen MR) is 82.5 cm³/mol. The molecule has 1 aliphatic heterocycles. The molecule has 0 aromatic heterocycles. The lowest BCUT2D eigenvalue weighted by Crippen LogP contribution is -2.66. The van der Waals surface area contributed by atoms with Crippen molar-refractivity contribution in [3.8, 4) is 0 Å². The fraction of sp³-hybridized carbons (Fsp3) is 0.412. The molecule has 4 nitrogen and oxygen atoms in total. The van der Waals surface area contributed by atoms with E-state index in [4.69, 9.17) is 0 Å². The first kappa shape index (κ1) is 15.3. The van der Waals surface area contributed by atoms with Gasteiger partial charge in [-0.1, -0.05) is 36.4 Å². The molecule has 4 heteroatoms. The maximum absolute atomic E-state index is 12.8. The fourth-order valence-corrected chi connectivity index (χ4v) is 2.75. The van der Waals surface area contributed by atoms with Gasteiger partial charge in [0, 0.05) is 6.04 Å². The first-order valence-corrected chi connectivity index (χ1v) is 7.19. The maximum Gasteiger partial charge on any atom is 0.248 e. The molecule has 1 saturated heterocycles. The van der Waals surface area contributed by atoms with Crippen LogP contribution in [-0.4, -0.2) is 28.3 Å². The lowest BCUT2D eigenvalue weighted by Gasteiger charge is -2.45. The van der Waals surface area contributed by atoms with Gasteiger partial charge in [0.15, 0.2) is 0 Å². The maximum atomic E-state index is 12.8. The Bertz CT molecular complexity index is 551. The van der Waals surface area contributed by atoms with Gasteiger partial charge in [0.1, 0.15) is 11.6 Å². The van der Waals surface area contributed by atoms with E-state index in [1.54, 1.807) is 24.8 Å². The fourth-order valence-electron chi connectivity index (χ4n) is 2.75. The van der Waals surface area contributed by atoms with Gasteiger partial charge in [-0.05, 0) is 32.8 Å². The minimum absolute atomic E-state index is 0.0645. The molecule has 1 aromatic rings. The number of benzene rings is 1. The summed E-state index contributed by atoms with van der Waals surface area (Å²) in [6.45, 7) is 9.16. The van der Waals surface area contributed by atoms with Crippen LogP contribution in [0.3, 0.4) is 0 Å². The molecule has 2 amide bonds. The zero-order valence-electron chi connectivity index (χ0n) is 12.8. The summed E-state index contributed by atoms with van der Waals surface area (Å²) in [6, 6.07) is 8.75. The van der Waals surface area contributed by atoms with Crippen molar-refractivity contribution < 1.29 is 9.59 Å². The van der Waals surface area contributed by atoms with E-state index in [1.165, 1.54) is 0 Å². The summed E-state index contributed by atoms with van der Waals surface area (Å²) in [5.74, 6) is -0.202. The van der Waals surface area contributed by atoms with Crippen molar-refractivity contribution >= 4 is 11.8 Å². The standard InChI is InChI=1S/C17H22N2O2/c1-5-9-12(2)19-14(13-10-7-6-8-11-13)15(20)18-17(3,4)16(19)21/h5-8,10-12,14H,1,9H2,2-4H3,(H,18,20). The predicted octanol–water partition coefficient (Wildman–Crippen LogP) is 2.43. The zero-order chi connectivity index (χ0) is 15.6. The molecule has 21 heavy (non-hydrogen) atoms. The van der Waals surface area contributed by atoms with Gasteiger partial charge in [-0.3, -0.25) is 9.59 Å². The van der Waals surface area contributed by atoms with Gasteiger partial charge >= 0.3 is 0 Å². The molecule has 112 valence electrons. The van der Waals surface area contributed by atoms with Gasteiger partial charge in [-0.25, -0.2) is 0 Å². The van der Waals surface area contributed by atoms with E-state index in [0.29, 0.717) is 6.42 Å². The number of hydrogen-bond acceptors (Lipinski definition) is 2. The zero-order valence-corrected chi connectivity index (χ0v) is 12.8. The normalized spacial score (nSPS) is 22.6. The number of carbonyl (C=O) groups excluding carboxylic acids is 2. The molecule has 2 unspecified atom stereocenters. The van der Waals surface area contributed by atoms with Crippen LogP contribution in [0.5, 0.6) is 0 Å². The second kappa shape index (κ2) is 5.72. The Labute approximate surface area is 125 Å². The van der Waals surface area contributed by atoms with Crippen LogP contribution in [0.2, 0.25) is 0 Å². The van der Waals surface area contributed by atoms with Crippen LogP contribution < -0.4 is 5.32 Å². The van der Waals surface area contributed by atoms with Crippen molar-refractivity contribution in [1.82, 2.24) is 10.2 Å². The second-order valence-electron chi connectivity index (χ2n) is 6.01. The molecule has 1 heterocycles. The van der Waals surface area contributed by atoms with Gasteiger partial charge in [0.2, 0.25) is 11.8 Å². The summed E-state index contributed by atoms with van der Waals surface area (Å²) < 4.78 is 0. The van der Waals surface area contributed by atoms with Gasteiger partial charge < -0.3 is 10.2 Å². The van der Waals surface area contributed by atoms with Crippen LogP contribution in [0.4, 0.5) is 0 Å². The van der Waals surface area contributed by atoms with Crippen molar-refractivity contribution in [2.75, 3.05) is 0 Å². The Morgan fingerprint density at radius 2 is 1.95 bits per heavy atom. The summed E-state index contributed by atoms with van der Waals surface area (Å²) >= 11 is 0. The molecule has 1 aromatic carbocycles. The second-order valence-corrected chi connectivity index (χ2v) is 6.01. The van der Waals surface area contributed by atoms with Crippen LogP contribution >= 0.6 is 0 Å². The third-order valence-corrected chi connectivity index (χ3v) is 3.83. The number of nitrogens with one attached hydrogen (secondary N) is 1. The first-order valence-electron chi connectivity index (χ1n) is 7.19. The molecular weight excluding hydrogens is 264 g/mol. The Morgan fingerprint density at radius 1 is 1.33 bits per heavy atom. The van der Waals surface area contributed by atoms with E-state index in [-0.39, 0.29) is 17.9 Å². The van der Waals surface area contributed by atoms with Crippen LogP contribution in [0.1, 0.15) is 38.8 Å². The third-order valence-electron chi connectivity index (χ3n) is 3.83. The number of carbonyl (C=O) groups is 2. The lowest BCUT2D eigenvalue weighted by atomic mass is 9.91. The molecular formula is C17H22N2O2. The van der Waals surface area contributed by atoms with E-state index in [1.807, 2.05) is 37.3 Å². The number of rotatable bonds is 4. The average molecular weight is 286 g/mol. The molecule has 0 spiro atoms. The molecule has 1 N–H and O–H groups in total. The van der Waals surface area contributed by atoms with E-state index in [0.717, 1.165) is 5.56 Å². The Kier molecular flexibility index (Phi) is 4.16. The van der Waals surface area contributed by atoms with Gasteiger partial charge in [-0.2, -0.15) is 0 Å². The summed E-state index contributed by atoms with van der Waals surface area (Å²) in [5, 5.41) is 2.82. The summed E-state index contributed by atoms with van der Waals surface area (Å²) in [7, 11) is 0. The SMILES string of the molecule is C=CCC(C)N1C(=O)C(C)(C)NC(=O)C1c1ccccc1. The molecule has 2 atom stereocenters. The highest BCUT2D eigenvalue weighted by Gasteiger charge is 2.47. The monoisotopic (exact) mass is 286 g/mol. The minimum atomic E-state index is -0.877. The van der Waals surface area contributed by atoms with Crippen molar-refractivity contribution in [3.63, 3.8) is 0 Å². The topological polar surface area (TPSA) is 49.4 Å².